The van der Waals surface area contributed by atoms with Gasteiger partial charge in [-0.2, -0.15) is 9.50 Å². The number of methoxy groups -OCH3 is 1. The fourth-order valence-corrected chi connectivity index (χ4v) is 3.32. The first-order chi connectivity index (χ1) is 14.6. The number of carbonyl (C=O) groups excluding carboxylic acids is 1. The highest BCUT2D eigenvalue weighted by atomic mass is 16.5. The van der Waals surface area contributed by atoms with Crippen molar-refractivity contribution in [1.82, 2.24) is 19.6 Å². The summed E-state index contributed by atoms with van der Waals surface area (Å²) in [6.45, 7) is 1.95. The number of H-pyrrole nitrogens is 1. The molecule has 1 amide bonds. The predicted octanol–water partition coefficient (Wildman–Crippen LogP) is 3.23. The third-order valence-electron chi connectivity index (χ3n) is 4.86. The lowest BCUT2D eigenvalue weighted by atomic mass is 9.96. The summed E-state index contributed by atoms with van der Waals surface area (Å²) in [4.78, 5) is 32.1. The van der Waals surface area contributed by atoms with Gasteiger partial charge in [-0.25, -0.2) is 0 Å². The standard InChI is InChI=1S/C22H21N5O3/c1-3-17(14-7-5-4-6-8-14)21(29)23-18-13-19(28)24-22-25-20(26-27(18)22)15-9-11-16(30-2)12-10-15/h4-13,17H,3H2,1-2H3,(H,23,29)(H,24,25,26,28)/t17-/m0/s1. The Kier molecular flexibility index (Phi) is 5.30. The number of ether oxygens (including phenoxy) is 1. The molecule has 0 fully saturated rings. The van der Waals surface area contributed by atoms with Crippen molar-refractivity contribution in [2.24, 2.45) is 0 Å². The fourth-order valence-electron chi connectivity index (χ4n) is 3.32. The van der Waals surface area contributed by atoms with Crippen LogP contribution in [0.1, 0.15) is 24.8 Å². The highest BCUT2D eigenvalue weighted by Gasteiger charge is 2.20. The van der Waals surface area contributed by atoms with E-state index in [9.17, 15) is 9.59 Å². The average molecular weight is 403 g/mol. The topological polar surface area (TPSA) is 101 Å². The zero-order valence-electron chi connectivity index (χ0n) is 16.6. The number of aromatic amines is 1. The summed E-state index contributed by atoms with van der Waals surface area (Å²) in [7, 11) is 1.59. The number of nitrogens with one attached hydrogen (secondary N) is 2. The number of nitrogens with zero attached hydrogens (tertiary/aromatic N) is 3. The van der Waals surface area contributed by atoms with Gasteiger partial charge < -0.3 is 10.1 Å². The predicted molar refractivity (Wildman–Crippen MR) is 114 cm³/mol. The van der Waals surface area contributed by atoms with Gasteiger partial charge in [0, 0.05) is 11.6 Å². The summed E-state index contributed by atoms with van der Waals surface area (Å²) >= 11 is 0. The highest BCUT2D eigenvalue weighted by molar-refractivity contribution is 5.95. The molecule has 2 aromatic heterocycles. The van der Waals surface area contributed by atoms with Crippen molar-refractivity contribution in [2.45, 2.75) is 19.3 Å². The van der Waals surface area contributed by atoms with E-state index in [0.717, 1.165) is 16.9 Å². The van der Waals surface area contributed by atoms with E-state index in [4.69, 9.17) is 4.74 Å². The summed E-state index contributed by atoms with van der Waals surface area (Å²) in [5, 5.41) is 7.31. The molecule has 0 spiro atoms. The van der Waals surface area contributed by atoms with Gasteiger partial charge in [0.2, 0.25) is 11.7 Å². The highest BCUT2D eigenvalue weighted by Crippen LogP contribution is 2.23. The quantitative estimate of drug-likeness (QED) is 0.515. The third kappa shape index (κ3) is 3.80. The summed E-state index contributed by atoms with van der Waals surface area (Å²) in [6.07, 6.45) is 0.622. The molecule has 8 heteroatoms. The van der Waals surface area contributed by atoms with Crippen LogP contribution in [-0.4, -0.2) is 32.6 Å². The Morgan fingerprint density at radius 2 is 1.90 bits per heavy atom. The van der Waals surface area contributed by atoms with Crippen LogP contribution in [0.3, 0.4) is 0 Å². The van der Waals surface area contributed by atoms with Gasteiger partial charge in [0.1, 0.15) is 11.6 Å². The molecule has 2 N–H and O–H groups in total. The summed E-state index contributed by atoms with van der Waals surface area (Å²) in [6, 6.07) is 18.1. The summed E-state index contributed by atoms with van der Waals surface area (Å²) in [5.74, 6) is 1.10. The van der Waals surface area contributed by atoms with Crippen LogP contribution >= 0.6 is 0 Å². The second kappa shape index (κ2) is 8.20. The molecule has 0 aliphatic carbocycles. The van der Waals surface area contributed by atoms with E-state index in [2.05, 4.69) is 20.4 Å². The smallest absolute Gasteiger partial charge is 0.254 e. The van der Waals surface area contributed by atoms with Gasteiger partial charge in [-0.1, -0.05) is 37.3 Å². The molecular weight excluding hydrogens is 382 g/mol. The summed E-state index contributed by atoms with van der Waals surface area (Å²) in [5.41, 5.74) is 1.30. The Morgan fingerprint density at radius 3 is 2.57 bits per heavy atom. The first-order valence-corrected chi connectivity index (χ1v) is 9.59. The number of fused-ring (bicyclic) bond motifs is 1. The maximum atomic E-state index is 12.9. The molecule has 2 aromatic carbocycles. The van der Waals surface area contributed by atoms with Crippen molar-refractivity contribution < 1.29 is 9.53 Å². The Labute approximate surface area is 172 Å². The van der Waals surface area contributed by atoms with Gasteiger partial charge in [-0.15, -0.1) is 5.10 Å². The molecular formula is C22H21N5O3. The van der Waals surface area contributed by atoms with E-state index in [1.807, 2.05) is 49.4 Å². The lowest BCUT2D eigenvalue weighted by Crippen LogP contribution is -2.24. The molecule has 0 saturated heterocycles. The fraction of sp³-hybridized carbons (Fsp3) is 0.182. The van der Waals surface area contributed by atoms with Crippen LogP contribution in [0.5, 0.6) is 5.75 Å². The second-order valence-electron chi connectivity index (χ2n) is 6.78. The molecule has 0 aliphatic rings. The van der Waals surface area contributed by atoms with E-state index >= 15 is 0 Å². The number of carbonyl (C=O) groups is 1. The molecule has 2 heterocycles. The molecule has 8 nitrogen and oxygen atoms in total. The molecule has 152 valence electrons. The zero-order chi connectivity index (χ0) is 21.1. The Hall–Kier alpha value is -3.94. The van der Waals surface area contributed by atoms with Crippen LogP contribution < -0.4 is 15.6 Å². The van der Waals surface area contributed by atoms with E-state index < -0.39 is 0 Å². The minimum Gasteiger partial charge on any atom is -0.497 e. The summed E-state index contributed by atoms with van der Waals surface area (Å²) < 4.78 is 6.60. The Balaban J connectivity index is 1.69. The number of hydrogen-bond acceptors (Lipinski definition) is 5. The molecule has 4 aromatic rings. The van der Waals surface area contributed by atoms with Crippen molar-refractivity contribution in [3.8, 4) is 17.1 Å². The number of aromatic nitrogens is 4. The van der Waals surface area contributed by atoms with Crippen LogP contribution in [0.2, 0.25) is 0 Å². The van der Waals surface area contributed by atoms with Crippen molar-refractivity contribution >= 4 is 17.5 Å². The van der Waals surface area contributed by atoms with Crippen molar-refractivity contribution in [2.75, 3.05) is 12.4 Å². The number of hydrogen-bond donors (Lipinski definition) is 2. The monoisotopic (exact) mass is 403 g/mol. The Morgan fingerprint density at radius 1 is 1.17 bits per heavy atom. The molecule has 30 heavy (non-hydrogen) atoms. The number of rotatable bonds is 6. The largest absolute Gasteiger partial charge is 0.497 e. The Bertz CT molecular complexity index is 1230. The first-order valence-electron chi connectivity index (χ1n) is 9.59. The van der Waals surface area contributed by atoms with Gasteiger partial charge in [0.25, 0.3) is 5.56 Å². The normalized spacial score (nSPS) is 11.9. The van der Waals surface area contributed by atoms with E-state index in [1.54, 1.807) is 19.2 Å². The average Bonchev–Trinajstić information content (AvgIpc) is 3.19. The second-order valence-corrected chi connectivity index (χ2v) is 6.78. The van der Waals surface area contributed by atoms with Gasteiger partial charge in [-0.3, -0.25) is 14.6 Å². The molecule has 0 unspecified atom stereocenters. The molecule has 1 atom stereocenters. The van der Waals surface area contributed by atoms with Crippen LogP contribution in [0.4, 0.5) is 5.82 Å². The first kappa shape index (κ1) is 19.4. The van der Waals surface area contributed by atoms with Gasteiger partial charge in [0.05, 0.1) is 13.0 Å². The van der Waals surface area contributed by atoms with E-state index in [1.165, 1.54) is 10.6 Å². The molecule has 4 rings (SSSR count). The molecule has 0 bridgehead atoms. The van der Waals surface area contributed by atoms with E-state index in [-0.39, 0.29) is 29.0 Å². The minimum atomic E-state index is -0.376. The minimum absolute atomic E-state index is 0.211. The van der Waals surface area contributed by atoms with Gasteiger partial charge in [-0.05, 0) is 36.2 Å². The van der Waals surface area contributed by atoms with Crippen molar-refractivity contribution in [1.29, 1.82) is 0 Å². The van der Waals surface area contributed by atoms with Gasteiger partial charge >= 0.3 is 0 Å². The molecule has 0 saturated carbocycles. The lowest BCUT2D eigenvalue weighted by Gasteiger charge is -2.15. The van der Waals surface area contributed by atoms with Crippen molar-refractivity contribution in [3.63, 3.8) is 0 Å². The van der Waals surface area contributed by atoms with Crippen LogP contribution in [-0.2, 0) is 4.79 Å². The SMILES string of the molecule is CC[C@H](C(=O)Nc1cc(=O)[nH]c2nc(-c3ccc(OC)cc3)nn12)c1ccccc1. The molecule has 0 radical (unpaired) electrons. The maximum absolute atomic E-state index is 12.9. The van der Waals surface area contributed by atoms with Crippen LogP contribution in [0.25, 0.3) is 17.2 Å². The lowest BCUT2D eigenvalue weighted by molar-refractivity contribution is -0.117. The van der Waals surface area contributed by atoms with E-state index in [0.29, 0.717) is 12.2 Å². The zero-order valence-corrected chi connectivity index (χ0v) is 16.6. The van der Waals surface area contributed by atoms with Crippen LogP contribution in [0.15, 0.2) is 65.5 Å². The van der Waals surface area contributed by atoms with Crippen molar-refractivity contribution in [3.05, 3.63) is 76.6 Å². The molecule has 0 aliphatic heterocycles. The number of benzene rings is 2. The number of anilines is 1. The van der Waals surface area contributed by atoms with Gasteiger partial charge in [0.15, 0.2) is 5.82 Å². The number of amides is 1. The third-order valence-corrected chi connectivity index (χ3v) is 4.86. The maximum Gasteiger partial charge on any atom is 0.254 e. The van der Waals surface area contributed by atoms with Crippen LogP contribution in [0, 0.1) is 0 Å².